The minimum absolute atomic E-state index is 0.0288. The molecule has 0 bridgehead atoms. The maximum absolute atomic E-state index is 7.49. The average molecular weight is 275 g/mol. The molecule has 0 saturated carbocycles. The van der Waals surface area contributed by atoms with Gasteiger partial charge in [0, 0.05) is 17.1 Å². The van der Waals surface area contributed by atoms with Gasteiger partial charge in [0.2, 0.25) is 5.95 Å². The number of nitrogens with zero attached hydrogens (tertiary/aromatic N) is 3. The van der Waals surface area contributed by atoms with Gasteiger partial charge in [-0.2, -0.15) is 0 Å². The fourth-order valence-electron chi connectivity index (χ4n) is 1.75. The van der Waals surface area contributed by atoms with Crippen LogP contribution in [0.1, 0.15) is 23.2 Å². The van der Waals surface area contributed by atoms with Crippen molar-refractivity contribution in [3.8, 4) is 0 Å². The molecule has 2 heterocycles. The highest BCUT2D eigenvalue weighted by Gasteiger charge is 2.12. The highest BCUT2D eigenvalue weighted by atomic mass is 32.1. The van der Waals surface area contributed by atoms with Crippen LogP contribution in [0.25, 0.3) is 0 Å². The SMILES string of the molecule is CCN(Cc1cccs1)c1nc(C)cc(C(=N)N)n1. The van der Waals surface area contributed by atoms with Crippen LogP contribution in [0, 0.1) is 12.3 Å². The Labute approximate surface area is 116 Å². The number of hydrogen-bond acceptors (Lipinski definition) is 5. The van der Waals surface area contributed by atoms with Crippen LogP contribution in [0.15, 0.2) is 23.6 Å². The summed E-state index contributed by atoms with van der Waals surface area (Å²) >= 11 is 1.71. The summed E-state index contributed by atoms with van der Waals surface area (Å²) in [5, 5.41) is 9.55. The lowest BCUT2D eigenvalue weighted by Gasteiger charge is -2.20. The topological polar surface area (TPSA) is 78.9 Å². The molecule has 0 amide bonds. The third kappa shape index (κ3) is 3.29. The van der Waals surface area contributed by atoms with E-state index < -0.39 is 0 Å². The fourth-order valence-corrected chi connectivity index (χ4v) is 2.47. The molecule has 0 fully saturated rings. The van der Waals surface area contributed by atoms with Gasteiger partial charge in [-0.05, 0) is 31.4 Å². The number of aromatic nitrogens is 2. The summed E-state index contributed by atoms with van der Waals surface area (Å²) in [4.78, 5) is 12.1. The lowest BCUT2D eigenvalue weighted by molar-refractivity contribution is 0.794. The predicted molar refractivity (Wildman–Crippen MR) is 78.8 cm³/mol. The van der Waals surface area contributed by atoms with E-state index >= 15 is 0 Å². The lowest BCUT2D eigenvalue weighted by atomic mass is 10.3. The molecule has 2 aromatic rings. The molecule has 5 nitrogen and oxygen atoms in total. The minimum Gasteiger partial charge on any atom is -0.382 e. The van der Waals surface area contributed by atoms with Gasteiger partial charge in [-0.1, -0.05) is 6.07 Å². The van der Waals surface area contributed by atoms with Crippen LogP contribution in [0.5, 0.6) is 0 Å². The number of nitrogens with one attached hydrogen (secondary N) is 1. The Morgan fingerprint density at radius 1 is 1.47 bits per heavy atom. The van der Waals surface area contributed by atoms with Crippen molar-refractivity contribution >= 4 is 23.1 Å². The smallest absolute Gasteiger partial charge is 0.226 e. The molecule has 0 aliphatic carbocycles. The summed E-state index contributed by atoms with van der Waals surface area (Å²) in [5.74, 6) is 0.597. The second-order valence-electron chi connectivity index (χ2n) is 4.20. The molecule has 0 saturated heterocycles. The first-order chi connectivity index (χ1) is 9.10. The van der Waals surface area contributed by atoms with Crippen LogP contribution in [0.3, 0.4) is 0 Å². The highest BCUT2D eigenvalue weighted by molar-refractivity contribution is 7.09. The second-order valence-corrected chi connectivity index (χ2v) is 5.23. The number of anilines is 1. The summed E-state index contributed by atoms with van der Waals surface area (Å²) in [6.45, 7) is 5.52. The first kappa shape index (κ1) is 13.5. The van der Waals surface area contributed by atoms with Crippen molar-refractivity contribution in [2.24, 2.45) is 5.73 Å². The van der Waals surface area contributed by atoms with Crippen molar-refractivity contribution in [3.63, 3.8) is 0 Å². The number of aryl methyl sites for hydroxylation is 1. The lowest BCUT2D eigenvalue weighted by Crippen LogP contribution is -2.25. The molecular weight excluding hydrogens is 258 g/mol. The van der Waals surface area contributed by atoms with Crippen molar-refractivity contribution in [1.29, 1.82) is 5.41 Å². The second kappa shape index (κ2) is 5.79. The Morgan fingerprint density at radius 3 is 2.84 bits per heavy atom. The largest absolute Gasteiger partial charge is 0.382 e. The molecule has 19 heavy (non-hydrogen) atoms. The summed E-state index contributed by atoms with van der Waals surface area (Å²) in [6.07, 6.45) is 0. The van der Waals surface area contributed by atoms with Gasteiger partial charge in [0.25, 0.3) is 0 Å². The van der Waals surface area contributed by atoms with E-state index in [0.717, 1.165) is 18.8 Å². The molecule has 0 aromatic carbocycles. The van der Waals surface area contributed by atoms with E-state index in [-0.39, 0.29) is 5.84 Å². The molecule has 0 aliphatic rings. The van der Waals surface area contributed by atoms with E-state index in [4.69, 9.17) is 11.1 Å². The van der Waals surface area contributed by atoms with Gasteiger partial charge < -0.3 is 10.6 Å². The van der Waals surface area contributed by atoms with Gasteiger partial charge in [0.15, 0.2) is 0 Å². The molecule has 6 heteroatoms. The Bertz CT molecular complexity index is 564. The van der Waals surface area contributed by atoms with E-state index in [2.05, 4.69) is 33.2 Å². The number of rotatable bonds is 5. The maximum Gasteiger partial charge on any atom is 0.226 e. The normalized spacial score (nSPS) is 10.4. The summed E-state index contributed by atoms with van der Waals surface area (Å²) in [6, 6.07) is 5.85. The number of hydrogen-bond donors (Lipinski definition) is 2. The Kier molecular flexibility index (Phi) is 4.11. The number of thiophene rings is 1. The molecule has 2 aromatic heterocycles. The van der Waals surface area contributed by atoms with Gasteiger partial charge in [0.05, 0.1) is 6.54 Å². The summed E-state index contributed by atoms with van der Waals surface area (Å²) in [7, 11) is 0. The maximum atomic E-state index is 7.49. The molecule has 0 spiro atoms. The number of nitrogen functional groups attached to an aromatic ring is 1. The van der Waals surface area contributed by atoms with Crippen LogP contribution in [-0.4, -0.2) is 22.3 Å². The van der Waals surface area contributed by atoms with E-state index in [0.29, 0.717) is 11.6 Å². The van der Waals surface area contributed by atoms with Crippen molar-refractivity contribution in [1.82, 2.24) is 9.97 Å². The molecule has 0 unspecified atom stereocenters. The monoisotopic (exact) mass is 275 g/mol. The van der Waals surface area contributed by atoms with Crippen LogP contribution >= 0.6 is 11.3 Å². The predicted octanol–water partition coefficient (Wildman–Crippen LogP) is 2.16. The van der Waals surface area contributed by atoms with Crippen molar-refractivity contribution in [2.75, 3.05) is 11.4 Å². The van der Waals surface area contributed by atoms with Crippen molar-refractivity contribution in [3.05, 3.63) is 39.8 Å². The van der Waals surface area contributed by atoms with Gasteiger partial charge in [-0.3, -0.25) is 5.41 Å². The molecule has 0 atom stereocenters. The van der Waals surface area contributed by atoms with E-state index in [9.17, 15) is 0 Å². The standard InChI is InChI=1S/C13H17N5S/c1-3-18(8-10-5-4-6-19-10)13-16-9(2)7-11(17-13)12(14)15/h4-7H,3,8H2,1-2H3,(H3,14,15). The van der Waals surface area contributed by atoms with Gasteiger partial charge >= 0.3 is 0 Å². The molecule has 2 rings (SSSR count). The van der Waals surface area contributed by atoms with Gasteiger partial charge in [0.1, 0.15) is 11.5 Å². The minimum atomic E-state index is -0.0288. The third-order valence-electron chi connectivity index (χ3n) is 2.71. The highest BCUT2D eigenvalue weighted by Crippen LogP contribution is 2.16. The van der Waals surface area contributed by atoms with E-state index in [1.807, 2.05) is 13.0 Å². The van der Waals surface area contributed by atoms with E-state index in [1.165, 1.54) is 4.88 Å². The van der Waals surface area contributed by atoms with Crippen LogP contribution in [-0.2, 0) is 6.54 Å². The zero-order valence-corrected chi connectivity index (χ0v) is 11.9. The van der Waals surface area contributed by atoms with Crippen LogP contribution in [0.2, 0.25) is 0 Å². The fraction of sp³-hybridized carbons (Fsp3) is 0.308. The quantitative estimate of drug-likeness (QED) is 0.647. The molecule has 0 aliphatic heterocycles. The first-order valence-electron chi connectivity index (χ1n) is 6.07. The number of amidine groups is 1. The zero-order chi connectivity index (χ0) is 13.8. The molecule has 0 radical (unpaired) electrons. The molecular formula is C13H17N5S. The van der Waals surface area contributed by atoms with Crippen molar-refractivity contribution in [2.45, 2.75) is 20.4 Å². The first-order valence-corrected chi connectivity index (χ1v) is 6.95. The van der Waals surface area contributed by atoms with Crippen LogP contribution < -0.4 is 10.6 Å². The molecule has 3 N–H and O–H groups in total. The average Bonchev–Trinajstić information content (AvgIpc) is 2.88. The van der Waals surface area contributed by atoms with Gasteiger partial charge in [-0.25, -0.2) is 9.97 Å². The van der Waals surface area contributed by atoms with Crippen LogP contribution in [0.4, 0.5) is 5.95 Å². The summed E-state index contributed by atoms with van der Waals surface area (Å²) < 4.78 is 0. The Morgan fingerprint density at radius 2 is 2.26 bits per heavy atom. The zero-order valence-electron chi connectivity index (χ0n) is 11.1. The third-order valence-corrected chi connectivity index (χ3v) is 3.57. The van der Waals surface area contributed by atoms with Crippen molar-refractivity contribution < 1.29 is 0 Å². The summed E-state index contributed by atoms with van der Waals surface area (Å²) in [5.41, 5.74) is 6.80. The Hall–Kier alpha value is -1.95. The van der Waals surface area contributed by atoms with E-state index in [1.54, 1.807) is 17.4 Å². The molecule has 100 valence electrons. The Balaban J connectivity index is 2.29. The number of nitrogens with two attached hydrogens (primary N) is 1. The van der Waals surface area contributed by atoms with Gasteiger partial charge in [-0.15, -0.1) is 11.3 Å².